The molecule has 0 aromatic carbocycles. The molecule has 0 bridgehead atoms. The lowest BCUT2D eigenvalue weighted by atomic mass is 9.87. The number of piperidine rings is 1. The highest BCUT2D eigenvalue weighted by molar-refractivity contribution is 7.89. The van der Waals surface area contributed by atoms with Gasteiger partial charge in [0, 0.05) is 25.5 Å². The Morgan fingerprint density at radius 1 is 1.38 bits per heavy atom. The molecule has 0 saturated carbocycles. The molecule has 1 amide bonds. The summed E-state index contributed by atoms with van der Waals surface area (Å²) in [6.45, 7) is 2.77. The zero-order valence-electron chi connectivity index (χ0n) is 14.8. The first-order valence-corrected chi connectivity index (χ1v) is 10.4. The summed E-state index contributed by atoms with van der Waals surface area (Å²) in [5.74, 6) is 0.650. The third kappa shape index (κ3) is 3.68. The van der Waals surface area contributed by atoms with Crippen molar-refractivity contribution in [3.05, 3.63) is 42.9 Å². The van der Waals surface area contributed by atoms with Gasteiger partial charge in [0.2, 0.25) is 15.9 Å². The molecule has 2 aromatic rings. The summed E-state index contributed by atoms with van der Waals surface area (Å²) >= 11 is 0. The highest BCUT2D eigenvalue weighted by Crippen LogP contribution is 2.32. The number of amides is 1. The molecule has 142 valence electrons. The van der Waals surface area contributed by atoms with Gasteiger partial charge in [-0.05, 0) is 31.4 Å². The van der Waals surface area contributed by atoms with E-state index in [0.717, 1.165) is 0 Å². The lowest BCUT2D eigenvalue weighted by molar-refractivity contribution is -0.132. The fourth-order valence-electron chi connectivity index (χ4n) is 3.38. The molecule has 26 heavy (non-hydrogen) atoms. The van der Waals surface area contributed by atoms with Crippen LogP contribution in [-0.4, -0.2) is 47.0 Å². The number of aromatic nitrogens is 2. The van der Waals surface area contributed by atoms with E-state index < -0.39 is 15.6 Å². The second-order valence-corrected chi connectivity index (χ2v) is 8.57. The van der Waals surface area contributed by atoms with Crippen LogP contribution in [0.2, 0.25) is 0 Å². The topological polar surface area (TPSA) is 97.4 Å². The van der Waals surface area contributed by atoms with Gasteiger partial charge in [-0.3, -0.25) is 4.79 Å². The van der Waals surface area contributed by atoms with E-state index in [1.165, 1.54) is 4.31 Å². The number of carbonyl (C=O) groups excluding carboxylic acids is 1. The SMILES string of the molecule is CCCS(=O)(=O)N1CCC(C(=O)NCc2ccco2)(n2ccnc2)CC1. The zero-order valence-corrected chi connectivity index (χ0v) is 15.6. The summed E-state index contributed by atoms with van der Waals surface area (Å²) in [7, 11) is -3.26. The van der Waals surface area contributed by atoms with Crippen molar-refractivity contribution in [3.8, 4) is 0 Å². The minimum atomic E-state index is -3.26. The van der Waals surface area contributed by atoms with E-state index >= 15 is 0 Å². The highest BCUT2D eigenvalue weighted by atomic mass is 32.2. The van der Waals surface area contributed by atoms with Gasteiger partial charge in [-0.15, -0.1) is 0 Å². The minimum absolute atomic E-state index is 0.135. The number of imidazole rings is 1. The molecule has 0 atom stereocenters. The van der Waals surface area contributed by atoms with E-state index in [1.54, 1.807) is 41.7 Å². The van der Waals surface area contributed by atoms with Gasteiger partial charge >= 0.3 is 0 Å². The normalized spacial score (nSPS) is 17.9. The number of hydrogen-bond acceptors (Lipinski definition) is 5. The third-order valence-electron chi connectivity index (χ3n) is 4.83. The first-order valence-electron chi connectivity index (χ1n) is 8.75. The second-order valence-electron chi connectivity index (χ2n) is 6.48. The Kier molecular flexibility index (Phi) is 5.47. The van der Waals surface area contributed by atoms with E-state index in [0.29, 0.717) is 44.7 Å². The number of furan rings is 1. The minimum Gasteiger partial charge on any atom is -0.467 e. The van der Waals surface area contributed by atoms with Gasteiger partial charge in [0.25, 0.3) is 0 Å². The molecule has 2 aromatic heterocycles. The van der Waals surface area contributed by atoms with Crippen LogP contribution in [0.25, 0.3) is 0 Å². The van der Waals surface area contributed by atoms with Crippen molar-refractivity contribution in [2.45, 2.75) is 38.3 Å². The lowest BCUT2D eigenvalue weighted by Crippen LogP contribution is -2.55. The Morgan fingerprint density at radius 3 is 2.73 bits per heavy atom. The van der Waals surface area contributed by atoms with Gasteiger partial charge in [0.15, 0.2) is 0 Å². The van der Waals surface area contributed by atoms with Crippen LogP contribution in [0.15, 0.2) is 41.5 Å². The smallest absolute Gasteiger partial charge is 0.246 e. The summed E-state index contributed by atoms with van der Waals surface area (Å²) < 4.78 is 33.2. The molecule has 0 aliphatic carbocycles. The maximum absolute atomic E-state index is 13.0. The molecule has 9 heteroatoms. The van der Waals surface area contributed by atoms with Gasteiger partial charge in [-0.2, -0.15) is 0 Å². The average Bonchev–Trinajstić information content (AvgIpc) is 3.33. The van der Waals surface area contributed by atoms with Crippen LogP contribution in [-0.2, 0) is 26.9 Å². The van der Waals surface area contributed by atoms with Gasteiger partial charge in [-0.25, -0.2) is 17.7 Å². The zero-order chi connectivity index (χ0) is 18.6. The number of nitrogens with zero attached hydrogens (tertiary/aromatic N) is 3. The lowest BCUT2D eigenvalue weighted by Gasteiger charge is -2.40. The molecule has 1 fully saturated rings. The molecule has 3 heterocycles. The summed E-state index contributed by atoms with van der Waals surface area (Å²) in [5.41, 5.74) is -0.846. The molecule has 1 saturated heterocycles. The largest absolute Gasteiger partial charge is 0.467 e. The van der Waals surface area contributed by atoms with E-state index in [4.69, 9.17) is 4.42 Å². The molecule has 1 aliphatic heterocycles. The molecule has 8 nitrogen and oxygen atoms in total. The Balaban J connectivity index is 1.76. The molecular weight excluding hydrogens is 356 g/mol. The summed E-state index contributed by atoms with van der Waals surface area (Å²) in [4.78, 5) is 17.1. The number of sulfonamides is 1. The van der Waals surface area contributed by atoms with Crippen LogP contribution in [0.5, 0.6) is 0 Å². The van der Waals surface area contributed by atoms with Gasteiger partial charge in [0.1, 0.15) is 11.3 Å². The van der Waals surface area contributed by atoms with Crippen molar-refractivity contribution in [1.29, 1.82) is 0 Å². The van der Waals surface area contributed by atoms with Crippen LogP contribution in [0.1, 0.15) is 31.9 Å². The first-order chi connectivity index (χ1) is 12.5. The van der Waals surface area contributed by atoms with Crippen molar-refractivity contribution in [2.24, 2.45) is 0 Å². The Hall–Kier alpha value is -2.13. The molecule has 1 N–H and O–H groups in total. The number of carbonyl (C=O) groups is 1. The molecule has 0 spiro atoms. The van der Waals surface area contributed by atoms with Crippen LogP contribution >= 0.6 is 0 Å². The monoisotopic (exact) mass is 380 g/mol. The van der Waals surface area contributed by atoms with Crippen molar-refractivity contribution < 1.29 is 17.6 Å². The molecular formula is C17H24N4O4S. The number of nitrogens with one attached hydrogen (secondary N) is 1. The average molecular weight is 380 g/mol. The molecule has 0 unspecified atom stereocenters. The summed E-state index contributed by atoms with van der Waals surface area (Å²) in [6.07, 6.45) is 7.93. The van der Waals surface area contributed by atoms with Crippen molar-refractivity contribution in [1.82, 2.24) is 19.2 Å². The van der Waals surface area contributed by atoms with Crippen molar-refractivity contribution >= 4 is 15.9 Å². The first kappa shape index (κ1) is 18.7. The molecule has 1 aliphatic rings. The van der Waals surface area contributed by atoms with E-state index in [-0.39, 0.29) is 11.7 Å². The van der Waals surface area contributed by atoms with Gasteiger partial charge in [-0.1, -0.05) is 6.92 Å². The van der Waals surface area contributed by atoms with Crippen molar-refractivity contribution in [3.63, 3.8) is 0 Å². The number of hydrogen-bond donors (Lipinski definition) is 1. The maximum atomic E-state index is 13.0. The van der Waals surface area contributed by atoms with Gasteiger partial charge < -0.3 is 14.3 Å². The Bertz CT molecular complexity index is 807. The predicted octanol–water partition coefficient (Wildman–Crippen LogP) is 1.32. The highest BCUT2D eigenvalue weighted by Gasteiger charge is 2.44. The van der Waals surface area contributed by atoms with E-state index in [9.17, 15) is 13.2 Å². The predicted molar refractivity (Wildman–Crippen MR) is 95.6 cm³/mol. The summed E-state index contributed by atoms with van der Waals surface area (Å²) in [6, 6.07) is 3.56. The molecule has 0 radical (unpaired) electrons. The Morgan fingerprint density at radius 2 is 2.15 bits per heavy atom. The van der Waals surface area contributed by atoms with E-state index in [2.05, 4.69) is 10.3 Å². The van der Waals surface area contributed by atoms with Crippen LogP contribution in [0, 0.1) is 0 Å². The molecule has 3 rings (SSSR count). The van der Waals surface area contributed by atoms with Gasteiger partial charge in [0.05, 0.1) is 24.9 Å². The number of rotatable bonds is 7. The maximum Gasteiger partial charge on any atom is 0.246 e. The van der Waals surface area contributed by atoms with Crippen LogP contribution < -0.4 is 5.32 Å². The van der Waals surface area contributed by atoms with E-state index in [1.807, 2.05) is 6.92 Å². The summed E-state index contributed by atoms with van der Waals surface area (Å²) in [5, 5.41) is 2.91. The van der Waals surface area contributed by atoms with Crippen molar-refractivity contribution in [2.75, 3.05) is 18.8 Å². The third-order valence-corrected chi connectivity index (χ3v) is 6.91. The standard InChI is InChI=1S/C17H24N4O4S/c1-2-12-26(23,24)21-8-5-17(6-9-21,20-10-7-18-14-20)16(22)19-13-15-4-3-11-25-15/h3-4,7,10-11,14H,2,5-6,8-9,12-13H2,1H3,(H,19,22). The fraction of sp³-hybridized carbons (Fsp3) is 0.529. The fourth-order valence-corrected chi connectivity index (χ4v) is 4.89. The second kappa shape index (κ2) is 7.63. The Labute approximate surface area is 153 Å². The van der Waals surface area contributed by atoms with Crippen LogP contribution in [0.4, 0.5) is 0 Å². The van der Waals surface area contributed by atoms with Crippen LogP contribution in [0.3, 0.4) is 0 Å². The quantitative estimate of drug-likeness (QED) is 0.781.